The van der Waals surface area contributed by atoms with Crippen LogP contribution in [0.2, 0.25) is 0 Å². The van der Waals surface area contributed by atoms with E-state index in [1.165, 1.54) is 5.56 Å². The number of likely N-dealkylation sites (tertiary alicyclic amines) is 1. The van der Waals surface area contributed by atoms with Gasteiger partial charge in [-0.25, -0.2) is 0 Å². The highest BCUT2D eigenvalue weighted by atomic mass is 16.6. The van der Waals surface area contributed by atoms with Crippen LogP contribution >= 0.6 is 0 Å². The van der Waals surface area contributed by atoms with Crippen LogP contribution in [0.5, 0.6) is 0 Å². The number of aliphatic carboxylic acids is 1. The Morgan fingerprint density at radius 2 is 2.00 bits per heavy atom. The predicted molar refractivity (Wildman–Crippen MR) is 92.1 cm³/mol. The van der Waals surface area contributed by atoms with Crippen molar-refractivity contribution in [2.45, 2.75) is 19.1 Å². The van der Waals surface area contributed by atoms with Crippen molar-refractivity contribution in [1.29, 1.82) is 0 Å². The van der Waals surface area contributed by atoms with Gasteiger partial charge in [0.15, 0.2) is 6.10 Å². The largest absolute Gasteiger partial charge is 0.481 e. The first-order chi connectivity index (χ1) is 12.2. The van der Waals surface area contributed by atoms with Crippen LogP contribution in [0.25, 0.3) is 0 Å². The van der Waals surface area contributed by atoms with Gasteiger partial charge < -0.3 is 9.94 Å². The molecular weight excluding hydrogens is 318 g/mol. The number of aromatic nitrogens is 1. The third-order valence-corrected chi connectivity index (χ3v) is 4.69. The van der Waals surface area contributed by atoms with Crippen molar-refractivity contribution in [2.24, 2.45) is 11.1 Å². The van der Waals surface area contributed by atoms with Gasteiger partial charge in [0, 0.05) is 32.3 Å². The molecule has 1 aromatic heterocycles. The molecule has 6 nitrogen and oxygen atoms in total. The molecule has 0 spiro atoms. The lowest BCUT2D eigenvalue weighted by molar-refractivity contribution is -0.147. The van der Waals surface area contributed by atoms with Crippen LogP contribution < -0.4 is 0 Å². The first kappa shape index (κ1) is 15.8. The Labute approximate surface area is 145 Å². The van der Waals surface area contributed by atoms with Crippen LogP contribution in [-0.4, -0.2) is 39.8 Å². The lowest BCUT2D eigenvalue weighted by Gasteiger charge is -2.36. The van der Waals surface area contributed by atoms with Gasteiger partial charge in [0.05, 0.1) is 17.3 Å². The second kappa shape index (κ2) is 6.64. The molecular formula is C19H19N3O3. The maximum Gasteiger partial charge on any atom is 0.309 e. The summed E-state index contributed by atoms with van der Waals surface area (Å²) in [7, 11) is 0. The van der Waals surface area contributed by atoms with E-state index in [0.717, 1.165) is 23.5 Å². The van der Waals surface area contributed by atoms with Crippen molar-refractivity contribution in [1.82, 2.24) is 9.88 Å². The molecule has 0 amide bonds. The number of carboxylic acid groups (broad SMARTS) is 1. The van der Waals surface area contributed by atoms with Gasteiger partial charge in [-0.2, -0.15) is 0 Å². The van der Waals surface area contributed by atoms with Crippen LogP contribution in [0.1, 0.15) is 29.3 Å². The Morgan fingerprint density at radius 3 is 2.68 bits per heavy atom. The van der Waals surface area contributed by atoms with Gasteiger partial charge in [0.25, 0.3) is 0 Å². The standard InChI is InChI=1S/C19H19N3O3/c23-19(24)15-11-22(12-15)10-13-4-6-14(7-5-13)17-9-18(25-21-17)16-3-1-2-8-20-16/h1-8,15,18H,9-12H2,(H,23,24). The zero-order valence-electron chi connectivity index (χ0n) is 13.7. The zero-order valence-corrected chi connectivity index (χ0v) is 13.7. The quantitative estimate of drug-likeness (QED) is 0.907. The fraction of sp³-hybridized carbons (Fsp3) is 0.316. The number of benzene rings is 1. The average Bonchev–Trinajstić information content (AvgIpc) is 3.09. The van der Waals surface area contributed by atoms with Crippen LogP contribution in [-0.2, 0) is 16.2 Å². The van der Waals surface area contributed by atoms with Gasteiger partial charge >= 0.3 is 5.97 Å². The van der Waals surface area contributed by atoms with E-state index in [2.05, 4.69) is 27.2 Å². The van der Waals surface area contributed by atoms with Crippen LogP contribution in [0, 0.1) is 5.92 Å². The summed E-state index contributed by atoms with van der Waals surface area (Å²) in [6.45, 7) is 2.04. The molecule has 6 heteroatoms. The molecule has 0 radical (unpaired) electrons. The van der Waals surface area contributed by atoms with Gasteiger partial charge in [-0.05, 0) is 23.3 Å². The molecule has 0 aliphatic carbocycles. The highest BCUT2D eigenvalue weighted by molar-refractivity contribution is 6.01. The molecule has 2 aliphatic heterocycles. The molecule has 1 fully saturated rings. The van der Waals surface area contributed by atoms with Crippen molar-refractivity contribution in [3.8, 4) is 0 Å². The van der Waals surface area contributed by atoms with Crippen molar-refractivity contribution in [3.05, 3.63) is 65.5 Å². The summed E-state index contributed by atoms with van der Waals surface area (Å²) >= 11 is 0. The summed E-state index contributed by atoms with van der Waals surface area (Å²) in [5, 5.41) is 13.1. The summed E-state index contributed by atoms with van der Waals surface area (Å²) in [6, 6.07) is 14.0. The van der Waals surface area contributed by atoms with Gasteiger partial charge in [-0.1, -0.05) is 35.5 Å². The SMILES string of the molecule is O=C(O)C1CN(Cc2ccc(C3=NOC(c4ccccn4)C3)cc2)C1. The van der Waals surface area contributed by atoms with E-state index in [1.54, 1.807) is 6.20 Å². The van der Waals surface area contributed by atoms with Crippen molar-refractivity contribution >= 4 is 11.7 Å². The van der Waals surface area contributed by atoms with E-state index in [-0.39, 0.29) is 12.0 Å². The van der Waals surface area contributed by atoms with Gasteiger partial charge in [-0.3, -0.25) is 14.7 Å². The summed E-state index contributed by atoms with van der Waals surface area (Å²) in [5.41, 5.74) is 4.04. The fourth-order valence-electron chi connectivity index (χ4n) is 3.19. The number of hydrogen-bond donors (Lipinski definition) is 1. The van der Waals surface area contributed by atoms with Gasteiger partial charge in [-0.15, -0.1) is 0 Å². The smallest absolute Gasteiger partial charge is 0.309 e. The summed E-state index contributed by atoms with van der Waals surface area (Å²) in [4.78, 5) is 22.8. The van der Waals surface area contributed by atoms with Gasteiger partial charge in [0.1, 0.15) is 0 Å². The number of hydrogen-bond acceptors (Lipinski definition) is 5. The lowest BCUT2D eigenvalue weighted by Crippen LogP contribution is -2.49. The van der Waals surface area contributed by atoms with Crippen LogP contribution in [0.15, 0.2) is 53.8 Å². The molecule has 1 saturated heterocycles. The van der Waals surface area contributed by atoms with E-state index in [1.807, 2.05) is 30.3 Å². The molecule has 0 bridgehead atoms. The van der Waals surface area contributed by atoms with Crippen molar-refractivity contribution < 1.29 is 14.7 Å². The normalized spacial score (nSPS) is 20.6. The minimum absolute atomic E-state index is 0.120. The van der Waals surface area contributed by atoms with E-state index in [9.17, 15) is 4.79 Å². The number of nitrogens with zero attached hydrogens (tertiary/aromatic N) is 3. The van der Waals surface area contributed by atoms with Crippen LogP contribution in [0.4, 0.5) is 0 Å². The number of rotatable bonds is 5. The maximum absolute atomic E-state index is 10.8. The first-order valence-electron chi connectivity index (χ1n) is 8.37. The Morgan fingerprint density at radius 1 is 1.20 bits per heavy atom. The number of pyridine rings is 1. The van der Waals surface area contributed by atoms with Crippen molar-refractivity contribution in [3.63, 3.8) is 0 Å². The Balaban J connectivity index is 1.34. The zero-order chi connectivity index (χ0) is 17.2. The molecule has 25 heavy (non-hydrogen) atoms. The van der Waals surface area contributed by atoms with Crippen molar-refractivity contribution in [2.75, 3.05) is 13.1 Å². The van der Waals surface area contributed by atoms with E-state index < -0.39 is 5.97 Å². The van der Waals surface area contributed by atoms with E-state index in [4.69, 9.17) is 9.94 Å². The van der Waals surface area contributed by atoms with Gasteiger partial charge in [0.2, 0.25) is 0 Å². The maximum atomic E-state index is 10.8. The minimum Gasteiger partial charge on any atom is -0.481 e. The Kier molecular flexibility index (Phi) is 4.19. The first-order valence-corrected chi connectivity index (χ1v) is 8.37. The topological polar surface area (TPSA) is 75.0 Å². The molecule has 4 rings (SSSR count). The molecule has 1 aromatic carbocycles. The lowest BCUT2D eigenvalue weighted by atomic mass is 9.98. The minimum atomic E-state index is -0.701. The molecule has 2 aliphatic rings. The summed E-state index contributed by atoms with van der Waals surface area (Å²) in [5.74, 6) is -0.916. The second-order valence-corrected chi connectivity index (χ2v) is 6.52. The number of oxime groups is 1. The Bertz CT molecular complexity index is 783. The monoisotopic (exact) mass is 337 g/mol. The second-order valence-electron chi connectivity index (χ2n) is 6.52. The summed E-state index contributed by atoms with van der Waals surface area (Å²) < 4.78 is 0. The average molecular weight is 337 g/mol. The molecule has 1 unspecified atom stereocenters. The highest BCUT2D eigenvalue weighted by Crippen LogP contribution is 2.28. The Hall–Kier alpha value is -2.73. The molecule has 128 valence electrons. The highest BCUT2D eigenvalue weighted by Gasteiger charge is 2.32. The molecule has 1 N–H and O–H groups in total. The van der Waals surface area contributed by atoms with E-state index in [0.29, 0.717) is 19.5 Å². The molecule has 0 saturated carbocycles. The van der Waals surface area contributed by atoms with Crippen LogP contribution in [0.3, 0.4) is 0 Å². The fourth-order valence-corrected chi connectivity index (χ4v) is 3.19. The third-order valence-electron chi connectivity index (χ3n) is 4.69. The third kappa shape index (κ3) is 3.39. The predicted octanol–water partition coefficient (Wildman–Crippen LogP) is 2.46. The molecule has 2 aromatic rings. The molecule has 1 atom stereocenters. The number of carbonyl (C=O) groups is 1. The summed E-state index contributed by atoms with van der Waals surface area (Å²) in [6.07, 6.45) is 2.35. The van der Waals surface area contributed by atoms with E-state index >= 15 is 0 Å². The molecule has 3 heterocycles. The number of carboxylic acids is 1.